The normalized spacial score (nSPS) is 12.6. The summed E-state index contributed by atoms with van der Waals surface area (Å²) in [5.74, 6) is -1.13. The molecule has 0 radical (unpaired) electrons. The third kappa shape index (κ3) is 2.59. The van der Waals surface area contributed by atoms with E-state index in [-0.39, 0.29) is 17.4 Å². The summed E-state index contributed by atoms with van der Waals surface area (Å²) in [4.78, 5) is 0. The molecule has 2 aromatic rings. The highest BCUT2D eigenvalue weighted by atomic mass is 19.1. The predicted molar refractivity (Wildman–Crippen MR) is 69.6 cm³/mol. The molecule has 3 nitrogen and oxygen atoms in total. The van der Waals surface area contributed by atoms with Crippen molar-refractivity contribution >= 4 is 5.88 Å². The highest BCUT2D eigenvalue weighted by molar-refractivity contribution is 5.75. The van der Waals surface area contributed by atoms with Crippen LogP contribution in [0.5, 0.6) is 0 Å². The first-order valence-corrected chi connectivity index (χ1v) is 6.25. The van der Waals surface area contributed by atoms with Crippen LogP contribution in [0.1, 0.15) is 38.3 Å². The molecular formula is C14H16F2N2O. The van der Waals surface area contributed by atoms with Gasteiger partial charge < -0.3 is 10.3 Å². The maximum absolute atomic E-state index is 13.9. The summed E-state index contributed by atoms with van der Waals surface area (Å²) in [6.07, 6.45) is 1.86. The zero-order chi connectivity index (χ0) is 14.0. The van der Waals surface area contributed by atoms with E-state index in [2.05, 4.69) is 12.1 Å². The van der Waals surface area contributed by atoms with Gasteiger partial charge in [-0.05, 0) is 18.6 Å². The zero-order valence-corrected chi connectivity index (χ0v) is 10.9. The Morgan fingerprint density at radius 3 is 2.74 bits per heavy atom. The molecule has 0 spiro atoms. The smallest absolute Gasteiger partial charge is 0.230 e. The second kappa shape index (κ2) is 5.38. The summed E-state index contributed by atoms with van der Waals surface area (Å²) in [6.45, 7) is 4.03. The van der Waals surface area contributed by atoms with E-state index < -0.39 is 11.6 Å². The predicted octanol–water partition coefficient (Wildman–Crippen LogP) is 4.11. The van der Waals surface area contributed by atoms with Gasteiger partial charge in [-0.3, -0.25) is 0 Å². The van der Waals surface area contributed by atoms with E-state index in [0.717, 1.165) is 18.9 Å². The molecule has 0 aliphatic carbocycles. The highest BCUT2D eigenvalue weighted by Gasteiger charge is 2.22. The number of benzene rings is 1. The van der Waals surface area contributed by atoms with Crippen LogP contribution in [-0.2, 0) is 0 Å². The minimum absolute atomic E-state index is 0.0588. The first-order valence-electron chi connectivity index (χ1n) is 6.25. The molecule has 0 aliphatic rings. The number of nitrogens with zero attached hydrogens (tertiary/aromatic N) is 1. The maximum atomic E-state index is 13.9. The van der Waals surface area contributed by atoms with Crippen LogP contribution in [0.15, 0.2) is 22.7 Å². The van der Waals surface area contributed by atoms with Crippen molar-refractivity contribution in [2.24, 2.45) is 0 Å². The molecule has 1 heterocycles. The van der Waals surface area contributed by atoms with Gasteiger partial charge in [-0.15, -0.1) is 0 Å². The van der Waals surface area contributed by atoms with Gasteiger partial charge in [0.1, 0.15) is 11.6 Å². The molecule has 19 heavy (non-hydrogen) atoms. The largest absolute Gasteiger partial charge is 0.367 e. The average Bonchev–Trinajstić information content (AvgIpc) is 2.72. The third-order valence-corrected chi connectivity index (χ3v) is 3.13. The van der Waals surface area contributed by atoms with Gasteiger partial charge >= 0.3 is 0 Å². The van der Waals surface area contributed by atoms with Gasteiger partial charge in [-0.2, -0.15) is 0 Å². The van der Waals surface area contributed by atoms with E-state index in [0.29, 0.717) is 11.3 Å². The van der Waals surface area contributed by atoms with Crippen LogP contribution < -0.4 is 5.73 Å². The Hall–Kier alpha value is -1.91. The van der Waals surface area contributed by atoms with E-state index in [1.807, 2.05) is 6.92 Å². The Balaban J connectivity index is 2.52. The second-order valence-corrected chi connectivity index (χ2v) is 4.62. The van der Waals surface area contributed by atoms with Crippen molar-refractivity contribution in [3.63, 3.8) is 0 Å². The summed E-state index contributed by atoms with van der Waals surface area (Å²) < 4.78 is 31.8. The molecule has 0 amide bonds. The zero-order valence-electron chi connectivity index (χ0n) is 10.9. The minimum atomic E-state index is -0.667. The van der Waals surface area contributed by atoms with Crippen LogP contribution >= 0.6 is 0 Å². The number of aromatic nitrogens is 1. The van der Waals surface area contributed by atoms with Crippen molar-refractivity contribution in [3.05, 3.63) is 35.5 Å². The van der Waals surface area contributed by atoms with Crippen molar-refractivity contribution in [2.45, 2.75) is 32.6 Å². The van der Waals surface area contributed by atoms with E-state index in [1.54, 1.807) is 0 Å². The fourth-order valence-corrected chi connectivity index (χ4v) is 2.18. The first kappa shape index (κ1) is 13.5. The van der Waals surface area contributed by atoms with Gasteiger partial charge in [0.25, 0.3) is 0 Å². The Labute approximate surface area is 110 Å². The Morgan fingerprint density at radius 2 is 2.11 bits per heavy atom. The maximum Gasteiger partial charge on any atom is 0.230 e. The molecule has 1 aromatic heterocycles. The van der Waals surface area contributed by atoms with E-state index in [9.17, 15) is 8.78 Å². The monoisotopic (exact) mass is 266 g/mol. The minimum Gasteiger partial charge on any atom is -0.367 e. The van der Waals surface area contributed by atoms with Crippen LogP contribution in [0.4, 0.5) is 14.7 Å². The quantitative estimate of drug-likeness (QED) is 0.906. The van der Waals surface area contributed by atoms with Crippen molar-refractivity contribution in [1.82, 2.24) is 5.16 Å². The van der Waals surface area contributed by atoms with Crippen molar-refractivity contribution < 1.29 is 13.3 Å². The SMILES string of the molecule is CCCC(C)c1noc(N)c1-c1ccc(F)cc1F. The molecule has 0 saturated carbocycles. The summed E-state index contributed by atoms with van der Waals surface area (Å²) in [5.41, 5.74) is 6.99. The van der Waals surface area contributed by atoms with E-state index in [4.69, 9.17) is 10.3 Å². The van der Waals surface area contributed by atoms with Crippen LogP contribution in [0, 0.1) is 11.6 Å². The van der Waals surface area contributed by atoms with Crippen LogP contribution in [-0.4, -0.2) is 5.16 Å². The van der Waals surface area contributed by atoms with Crippen molar-refractivity contribution in [1.29, 1.82) is 0 Å². The van der Waals surface area contributed by atoms with Crippen LogP contribution in [0.25, 0.3) is 11.1 Å². The summed E-state index contributed by atoms with van der Waals surface area (Å²) in [6, 6.07) is 3.38. The lowest BCUT2D eigenvalue weighted by Crippen LogP contribution is -1.98. The molecule has 1 aromatic carbocycles. The summed E-state index contributed by atoms with van der Waals surface area (Å²) in [5, 5.41) is 3.91. The van der Waals surface area contributed by atoms with E-state index in [1.165, 1.54) is 12.1 Å². The molecule has 0 bridgehead atoms. The number of hydrogen-bond acceptors (Lipinski definition) is 3. The van der Waals surface area contributed by atoms with Gasteiger partial charge in [0, 0.05) is 17.5 Å². The molecule has 0 aliphatic heterocycles. The number of nitrogens with two attached hydrogens (primary N) is 1. The third-order valence-electron chi connectivity index (χ3n) is 3.13. The molecule has 1 unspecified atom stereocenters. The average molecular weight is 266 g/mol. The fraction of sp³-hybridized carbons (Fsp3) is 0.357. The van der Waals surface area contributed by atoms with Crippen molar-refractivity contribution in [2.75, 3.05) is 5.73 Å². The fourth-order valence-electron chi connectivity index (χ4n) is 2.18. The lowest BCUT2D eigenvalue weighted by Gasteiger charge is -2.09. The molecular weight excluding hydrogens is 250 g/mol. The Kier molecular flexibility index (Phi) is 3.83. The first-order chi connectivity index (χ1) is 9.04. The highest BCUT2D eigenvalue weighted by Crippen LogP contribution is 2.36. The van der Waals surface area contributed by atoms with Gasteiger partial charge in [0.05, 0.1) is 11.3 Å². The Bertz CT molecular complexity index is 581. The number of anilines is 1. The lowest BCUT2D eigenvalue weighted by molar-refractivity contribution is 0.419. The van der Waals surface area contributed by atoms with Gasteiger partial charge in [0.15, 0.2) is 0 Å². The lowest BCUT2D eigenvalue weighted by atomic mass is 9.94. The topological polar surface area (TPSA) is 52.0 Å². The van der Waals surface area contributed by atoms with Crippen LogP contribution in [0.3, 0.4) is 0 Å². The second-order valence-electron chi connectivity index (χ2n) is 4.62. The summed E-state index contributed by atoms with van der Waals surface area (Å²) >= 11 is 0. The molecule has 0 fully saturated rings. The molecule has 2 N–H and O–H groups in total. The summed E-state index contributed by atoms with van der Waals surface area (Å²) in [7, 11) is 0. The van der Waals surface area contributed by atoms with Gasteiger partial charge in [-0.1, -0.05) is 25.4 Å². The number of rotatable bonds is 4. The number of halogens is 2. The number of hydrogen-bond donors (Lipinski definition) is 1. The molecule has 2 rings (SSSR count). The molecule has 102 valence electrons. The molecule has 1 atom stereocenters. The van der Waals surface area contributed by atoms with Gasteiger partial charge in [-0.25, -0.2) is 8.78 Å². The van der Waals surface area contributed by atoms with Crippen LogP contribution in [0.2, 0.25) is 0 Å². The van der Waals surface area contributed by atoms with E-state index >= 15 is 0 Å². The number of nitrogen functional groups attached to an aromatic ring is 1. The Morgan fingerprint density at radius 1 is 1.37 bits per heavy atom. The molecule has 0 saturated heterocycles. The van der Waals surface area contributed by atoms with Gasteiger partial charge in [0.2, 0.25) is 5.88 Å². The molecule has 5 heteroatoms. The standard InChI is InChI=1S/C14H16F2N2O/c1-3-4-8(2)13-12(14(17)19-18-13)10-6-5-9(15)7-11(10)16/h5-8H,3-4,17H2,1-2H3. The van der Waals surface area contributed by atoms with Crippen molar-refractivity contribution in [3.8, 4) is 11.1 Å².